The van der Waals surface area contributed by atoms with E-state index < -0.39 is 21.3 Å². The van der Waals surface area contributed by atoms with Crippen LogP contribution in [0.25, 0.3) is 11.1 Å². The van der Waals surface area contributed by atoms with Gasteiger partial charge in [0.1, 0.15) is 0 Å². The zero-order valence-electron chi connectivity index (χ0n) is 27.0. The van der Waals surface area contributed by atoms with Crippen molar-refractivity contribution in [2.75, 3.05) is 0 Å². The second-order valence-corrected chi connectivity index (χ2v) is 20.7. The first kappa shape index (κ1) is 30.4. The van der Waals surface area contributed by atoms with Gasteiger partial charge in [-0.15, -0.1) is 0 Å². The Balaban J connectivity index is 1.77. The van der Waals surface area contributed by atoms with Crippen molar-refractivity contribution in [2.24, 2.45) is 0 Å². The van der Waals surface area contributed by atoms with E-state index in [1.165, 1.54) is 53.3 Å². The van der Waals surface area contributed by atoms with E-state index in [1.54, 1.807) is 12.1 Å². The first-order valence-electron chi connectivity index (χ1n) is 15.6. The molecule has 0 amide bonds. The fraction of sp³-hybridized carbons (Fsp3) is 0.293. The fourth-order valence-electron chi connectivity index (χ4n) is 7.32. The summed E-state index contributed by atoms with van der Waals surface area (Å²) in [5, 5.41) is 0.801. The van der Waals surface area contributed by atoms with Crippen LogP contribution in [0.4, 0.5) is 0 Å². The van der Waals surface area contributed by atoms with Gasteiger partial charge in [-0.2, -0.15) is 0 Å². The van der Waals surface area contributed by atoms with Gasteiger partial charge >= 0.3 is 273 Å². The first-order valence-corrected chi connectivity index (χ1v) is 19.6. The SMILES string of the molecule is Cc1cc2c(cc1C(C)(C)C)-c1cc(C(C)(C)C)c(C)[c](/[Zr]([C]3=CC=CC3)=[C](/c3ccccc3)c3cccc(Cl)c3)c1C2. The Hall–Kier alpha value is -2.60. The third-order valence-corrected chi connectivity index (χ3v) is 17.5. The third-order valence-electron chi connectivity index (χ3n) is 9.19. The molecule has 0 saturated heterocycles. The molecule has 0 saturated carbocycles. The van der Waals surface area contributed by atoms with Gasteiger partial charge in [-0.05, 0) is 0 Å². The molecule has 0 atom stereocenters. The molecule has 0 bridgehead atoms. The van der Waals surface area contributed by atoms with Gasteiger partial charge in [0.05, 0.1) is 0 Å². The molecule has 0 fully saturated rings. The predicted molar refractivity (Wildman–Crippen MR) is 184 cm³/mol. The second kappa shape index (κ2) is 11.4. The molecule has 0 N–H and O–H groups in total. The van der Waals surface area contributed by atoms with Crippen molar-refractivity contribution in [3.05, 3.63) is 144 Å². The molecular weight excluding hydrogens is 619 g/mol. The van der Waals surface area contributed by atoms with Gasteiger partial charge in [-0.25, -0.2) is 0 Å². The molecule has 43 heavy (non-hydrogen) atoms. The summed E-state index contributed by atoms with van der Waals surface area (Å²) in [5.41, 5.74) is 14.6. The molecule has 0 spiro atoms. The minimum atomic E-state index is -2.80. The molecule has 0 nitrogen and oxygen atoms in total. The van der Waals surface area contributed by atoms with Gasteiger partial charge in [0.2, 0.25) is 0 Å². The van der Waals surface area contributed by atoms with E-state index in [-0.39, 0.29) is 10.8 Å². The maximum atomic E-state index is 6.71. The Bertz CT molecular complexity index is 1840. The van der Waals surface area contributed by atoms with Gasteiger partial charge in [0.15, 0.2) is 0 Å². The second-order valence-electron chi connectivity index (χ2n) is 14.4. The van der Waals surface area contributed by atoms with Gasteiger partial charge in [0.25, 0.3) is 0 Å². The molecule has 4 aromatic rings. The Kier molecular flexibility index (Phi) is 8.07. The van der Waals surface area contributed by atoms with Crippen molar-refractivity contribution in [1.29, 1.82) is 0 Å². The molecule has 6 rings (SSSR count). The monoisotopic (exact) mass is 660 g/mol. The van der Waals surface area contributed by atoms with E-state index >= 15 is 0 Å². The number of allylic oxidation sites excluding steroid dienone is 4. The summed E-state index contributed by atoms with van der Waals surface area (Å²) in [7, 11) is 0. The van der Waals surface area contributed by atoms with Crippen LogP contribution >= 0.6 is 11.6 Å². The van der Waals surface area contributed by atoms with E-state index in [0.29, 0.717) is 0 Å². The van der Waals surface area contributed by atoms with Crippen LogP contribution in [0.1, 0.15) is 92.5 Å². The first-order chi connectivity index (χ1) is 20.3. The summed E-state index contributed by atoms with van der Waals surface area (Å²) in [4.78, 5) is 0. The fourth-order valence-corrected chi connectivity index (χ4v) is 15.9. The minimum absolute atomic E-state index is 0.0354. The van der Waals surface area contributed by atoms with Gasteiger partial charge < -0.3 is 0 Å². The molecule has 0 aromatic heterocycles. The van der Waals surface area contributed by atoms with Crippen LogP contribution in [-0.2, 0) is 38.5 Å². The van der Waals surface area contributed by atoms with Crippen molar-refractivity contribution >= 4 is 18.1 Å². The number of rotatable bonds is 4. The number of benzene rings is 4. The number of hydrogen-bond acceptors (Lipinski definition) is 0. The number of fused-ring (bicyclic) bond motifs is 3. The summed E-state index contributed by atoms with van der Waals surface area (Å²) in [6.45, 7) is 18.9. The summed E-state index contributed by atoms with van der Waals surface area (Å²) < 4.78 is 4.84. The van der Waals surface area contributed by atoms with Gasteiger partial charge in [-0.3, -0.25) is 0 Å². The van der Waals surface area contributed by atoms with Crippen LogP contribution in [0, 0.1) is 13.8 Å². The van der Waals surface area contributed by atoms with E-state index in [1.807, 2.05) is 6.07 Å². The molecule has 2 aliphatic rings. The maximum absolute atomic E-state index is 6.71. The predicted octanol–water partition coefficient (Wildman–Crippen LogP) is 10.5. The molecule has 2 heteroatoms. The number of halogens is 1. The van der Waals surface area contributed by atoms with Crippen LogP contribution in [0.3, 0.4) is 0 Å². The zero-order valence-corrected chi connectivity index (χ0v) is 30.2. The van der Waals surface area contributed by atoms with Crippen molar-refractivity contribution in [3.63, 3.8) is 0 Å². The van der Waals surface area contributed by atoms with E-state index in [9.17, 15) is 0 Å². The van der Waals surface area contributed by atoms with Gasteiger partial charge in [-0.1, -0.05) is 0 Å². The molecule has 218 valence electrons. The Morgan fingerprint density at radius 2 is 1.42 bits per heavy atom. The Morgan fingerprint density at radius 1 is 0.744 bits per heavy atom. The normalized spacial score (nSPS) is 14.9. The summed E-state index contributed by atoms with van der Waals surface area (Å²) >= 11 is 3.90. The summed E-state index contributed by atoms with van der Waals surface area (Å²) in [6, 6.07) is 27.3. The quantitative estimate of drug-likeness (QED) is 0.180. The van der Waals surface area contributed by atoms with Crippen molar-refractivity contribution in [2.45, 2.75) is 79.1 Å². The van der Waals surface area contributed by atoms with Crippen molar-refractivity contribution in [3.8, 4) is 11.1 Å². The number of hydrogen-bond donors (Lipinski definition) is 0. The Morgan fingerprint density at radius 3 is 2.05 bits per heavy atom. The van der Waals surface area contributed by atoms with Crippen molar-refractivity contribution < 1.29 is 21.3 Å². The number of aryl methyl sites for hydroxylation is 1. The molecule has 0 radical (unpaired) electrons. The van der Waals surface area contributed by atoms with Crippen LogP contribution in [0.15, 0.2) is 94.3 Å². The van der Waals surface area contributed by atoms with Crippen LogP contribution in [0.2, 0.25) is 5.02 Å². The van der Waals surface area contributed by atoms with Crippen LogP contribution < -0.4 is 3.27 Å². The topological polar surface area (TPSA) is 0 Å². The van der Waals surface area contributed by atoms with Crippen LogP contribution in [0.5, 0.6) is 0 Å². The third kappa shape index (κ3) is 5.69. The standard InChI is InChI=1S/C23H29.C13H9Cl.C5H5.Zr/c1-14-9-16-11-17-10-15(2)21(23(6,7)8)13-19(17)18(16)12-20(14)22(3,4)5;14-13-8-4-7-12(10-13)9-11-5-2-1-3-6-11;1-2-4-5-3-1;/h9,12-13H,11H2,1-8H3;1-8,10H;1-3H,4H2;. The molecular formula is C41H43ClZr. The van der Waals surface area contributed by atoms with E-state index in [2.05, 4.69) is 140 Å². The average Bonchev–Trinajstić information content (AvgIpc) is 3.58. The molecule has 4 aromatic carbocycles. The molecule has 2 aliphatic carbocycles. The van der Waals surface area contributed by atoms with E-state index in [4.69, 9.17) is 11.6 Å². The van der Waals surface area contributed by atoms with Crippen molar-refractivity contribution in [1.82, 2.24) is 0 Å². The summed E-state index contributed by atoms with van der Waals surface area (Å²) in [6.07, 6.45) is 9.14. The summed E-state index contributed by atoms with van der Waals surface area (Å²) in [5.74, 6) is 0. The average molecular weight is 662 g/mol. The molecule has 0 heterocycles. The van der Waals surface area contributed by atoms with Gasteiger partial charge in [0, 0.05) is 0 Å². The molecule has 0 aliphatic heterocycles. The zero-order chi connectivity index (χ0) is 30.7. The van der Waals surface area contributed by atoms with E-state index in [0.717, 1.165) is 17.9 Å². The molecule has 0 unspecified atom stereocenters. The van der Waals surface area contributed by atoms with Crippen LogP contribution in [-0.4, -0.2) is 3.21 Å². The Labute approximate surface area is 271 Å².